The Hall–Kier alpha value is -1.98. The van der Waals surface area contributed by atoms with Gasteiger partial charge in [0.05, 0.1) is 17.0 Å². The normalized spacial score (nSPS) is 10.6. The smallest absolute Gasteiger partial charge is 0.253 e. The van der Waals surface area contributed by atoms with Crippen LogP contribution < -0.4 is 10.6 Å². The number of para-hydroxylation sites is 1. The largest absolute Gasteiger partial charge is 0.352 e. The van der Waals surface area contributed by atoms with Crippen molar-refractivity contribution in [3.05, 3.63) is 64.7 Å². The van der Waals surface area contributed by atoms with Crippen LogP contribution in [0.25, 0.3) is 0 Å². The number of hydrogen-bond donors (Lipinski definition) is 2. The first-order valence-corrected chi connectivity index (χ1v) is 9.99. The van der Waals surface area contributed by atoms with Gasteiger partial charge >= 0.3 is 0 Å². The van der Waals surface area contributed by atoms with Crippen molar-refractivity contribution in [1.82, 2.24) is 5.32 Å². The van der Waals surface area contributed by atoms with Gasteiger partial charge in [0.1, 0.15) is 0 Å². The lowest BCUT2D eigenvalue weighted by Crippen LogP contribution is -2.28. The van der Waals surface area contributed by atoms with Crippen LogP contribution in [0.3, 0.4) is 0 Å². The Kier molecular flexibility index (Phi) is 8.01. The molecule has 0 heterocycles. The summed E-state index contributed by atoms with van der Waals surface area (Å²) < 4.78 is 0. The van der Waals surface area contributed by atoms with Crippen molar-refractivity contribution in [3.8, 4) is 0 Å². The first-order chi connectivity index (χ1) is 12.5. The van der Waals surface area contributed by atoms with Gasteiger partial charge < -0.3 is 10.6 Å². The third-order valence-corrected chi connectivity index (χ3v) is 4.92. The fraction of sp³-hybridized carbons (Fsp3) is 0.300. The zero-order valence-corrected chi connectivity index (χ0v) is 16.5. The fourth-order valence-corrected chi connectivity index (χ4v) is 3.35. The summed E-state index contributed by atoms with van der Waals surface area (Å²) in [7, 11) is 0. The topological polar surface area (TPSA) is 58.2 Å². The van der Waals surface area contributed by atoms with E-state index in [1.165, 1.54) is 11.8 Å². The van der Waals surface area contributed by atoms with E-state index in [9.17, 15) is 9.59 Å². The Balaban J connectivity index is 1.90. The van der Waals surface area contributed by atoms with E-state index in [1.54, 1.807) is 24.3 Å². The molecule has 0 aliphatic carbocycles. The number of benzene rings is 2. The summed E-state index contributed by atoms with van der Waals surface area (Å²) in [6, 6.07) is 14.6. The molecule has 2 aromatic rings. The lowest BCUT2D eigenvalue weighted by molar-refractivity contribution is -0.113. The second-order valence-corrected chi connectivity index (χ2v) is 7.67. The van der Waals surface area contributed by atoms with Crippen LogP contribution in [0, 0.1) is 5.92 Å². The molecule has 6 heteroatoms. The van der Waals surface area contributed by atoms with Gasteiger partial charge in [-0.3, -0.25) is 9.59 Å². The number of nitrogens with one attached hydrogen (secondary N) is 2. The highest BCUT2D eigenvalue weighted by Gasteiger charge is 2.13. The van der Waals surface area contributed by atoms with E-state index in [-0.39, 0.29) is 17.6 Å². The molecule has 2 aromatic carbocycles. The van der Waals surface area contributed by atoms with Crippen LogP contribution in [0.5, 0.6) is 0 Å². The average molecular weight is 391 g/mol. The molecule has 0 unspecified atom stereocenters. The second kappa shape index (κ2) is 10.2. The molecule has 0 saturated carbocycles. The van der Waals surface area contributed by atoms with Crippen LogP contribution in [0.1, 0.15) is 29.8 Å². The van der Waals surface area contributed by atoms with Gasteiger partial charge in [0.15, 0.2) is 0 Å². The summed E-state index contributed by atoms with van der Waals surface area (Å²) in [4.78, 5) is 24.5. The summed E-state index contributed by atoms with van der Waals surface area (Å²) in [5.41, 5.74) is 2.00. The number of halogens is 1. The number of hydrogen-bond acceptors (Lipinski definition) is 3. The van der Waals surface area contributed by atoms with Crippen molar-refractivity contribution < 1.29 is 9.59 Å². The number of carbonyl (C=O) groups excluding carboxylic acids is 2. The molecule has 0 saturated heterocycles. The standard InChI is InChI=1S/C20H23ClN2O2S/c1-14(2)11-22-20(25)16-8-4-6-10-18(16)23-19(24)13-26-12-15-7-3-5-9-17(15)21/h3-10,14H,11-13H2,1-2H3,(H,22,25)(H,23,24). The minimum atomic E-state index is -0.182. The zero-order valence-electron chi connectivity index (χ0n) is 14.9. The molecule has 4 nitrogen and oxygen atoms in total. The molecule has 2 rings (SSSR count). The number of rotatable bonds is 8. The quantitative estimate of drug-likeness (QED) is 0.692. The maximum Gasteiger partial charge on any atom is 0.253 e. The molecule has 2 amide bonds. The molecule has 0 aromatic heterocycles. The lowest BCUT2D eigenvalue weighted by atomic mass is 10.1. The SMILES string of the molecule is CC(C)CNC(=O)c1ccccc1NC(=O)CSCc1ccccc1Cl. The van der Waals surface area contributed by atoms with E-state index in [0.717, 1.165) is 5.56 Å². The highest BCUT2D eigenvalue weighted by atomic mass is 35.5. The van der Waals surface area contributed by atoms with Gasteiger partial charge in [0.2, 0.25) is 5.91 Å². The summed E-state index contributed by atoms with van der Waals surface area (Å²) in [6.45, 7) is 4.66. The summed E-state index contributed by atoms with van der Waals surface area (Å²) in [5.74, 6) is 0.975. The van der Waals surface area contributed by atoms with Crippen molar-refractivity contribution in [2.45, 2.75) is 19.6 Å². The molecule has 26 heavy (non-hydrogen) atoms. The zero-order chi connectivity index (χ0) is 18.9. The first-order valence-electron chi connectivity index (χ1n) is 8.45. The molecule has 0 fully saturated rings. The predicted molar refractivity (Wildman–Crippen MR) is 110 cm³/mol. The highest BCUT2D eigenvalue weighted by Crippen LogP contribution is 2.21. The maximum atomic E-state index is 12.3. The van der Waals surface area contributed by atoms with Gasteiger partial charge in [-0.1, -0.05) is 55.8 Å². The Labute approximate surface area is 163 Å². The van der Waals surface area contributed by atoms with E-state index in [0.29, 0.717) is 34.5 Å². The lowest BCUT2D eigenvalue weighted by Gasteiger charge is -2.12. The van der Waals surface area contributed by atoms with Crippen molar-refractivity contribution in [2.75, 3.05) is 17.6 Å². The van der Waals surface area contributed by atoms with Gasteiger partial charge in [-0.05, 0) is 29.7 Å². The third kappa shape index (κ3) is 6.39. The first kappa shape index (κ1) is 20.3. The molecular formula is C20H23ClN2O2S. The van der Waals surface area contributed by atoms with Gasteiger partial charge in [-0.25, -0.2) is 0 Å². The number of anilines is 1. The molecule has 2 N–H and O–H groups in total. The van der Waals surface area contributed by atoms with E-state index in [4.69, 9.17) is 11.6 Å². The number of amides is 2. The van der Waals surface area contributed by atoms with Crippen LogP contribution in [-0.2, 0) is 10.5 Å². The summed E-state index contributed by atoms with van der Waals surface area (Å²) >= 11 is 7.60. The van der Waals surface area contributed by atoms with Gasteiger partial charge in [-0.15, -0.1) is 11.8 Å². The van der Waals surface area contributed by atoms with Crippen molar-refractivity contribution in [2.24, 2.45) is 5.92 Å². The molecule has 0 aliphatic heterocycles. The van der Waals surface area contributed by atoms with E-state index in [1.807, 2.05) is 38.1 Å². The van der Waals surface area contributed by atoms with Gasteiger partial charge in [0.25, 0.3) is 5.91 Å². The van der Waals surface area contributed by atoms with Crippen molar-refractivity contribution >= 4 is 40.9 Å². The van der Waals surface area contributed by atoms with E-state index in [2.05, 4.69) is 10.6 Å². The second-order valence-electron chi connectivity index (χ2n) is 6.28. The van der Waals surface area contributed by atoms with Crippen LogP contribution in [0.4, 0.5) is 5.69 Å². The Morgan fingerprint density at radius 2 is 1.77 bits per heavy atom. The number of thioether (sulfide) groups is 1. The van der Waals surface area contributed by atoms with Crippen molar-refractivity contribution in [1.29, 1.82) is 0 Å². The molecule has 0 bridgehead atoms. The molecule has 0 spiro atoms. The predicted octanol–water partition coefficient (Wildman–Crippen LogP) is 4.60. The average Bonchev–Trinajstić information content (AvgIpc) is 2.61. The van der Waals surface area contributed by atoms with Crippen LogP contribution in [-0.4, -0.2) is 24.1 Å². The number of carbonyl (C=O) groups is 2. The van der Waals surface area contributed by atoms with Gasteiger partial charge in [0, 0.05) is 17.3 Å². The molecule has 0 atom stereocenters. The van der Waals surface area contributed by atoms with Crippen LogP contribution in [0.15, 0.2) is 48.5 Å². The summed E-state index contributed by atoms with van der Waals surface area (Å²) in [5, 5.41) is 6.40. The van der Waals surface area contributed by atoms with E-state index >= 15 is 0 Å². The highest BCUT2D eigenvalue weighted by molar-refractivity contribution is 7.99. The monoisotopic (exact) mass is 390 g/mol. The summed E-state index contributed by atoms with van der Waals surface area (Å²) in [6.07, 6.45) is 0. The Morgan fingerprint density at radius 1 is 1.08 bits per heavy atom. The molecule has 0 radical (unpaired) electrons. The van der Waals surface area contributed by atoms with Crippen LogP contribution in [0.2, 0.25) is 5.02 Å². The molecule has 0 aliphatic rings. The minimum Gasteiger partial charge on any atom is -0.352 e. The van der Waals surface area contributed by atoms with Crippen LogP contribution >= 0.6 is 23.4 Å². The Morgan fingerprint density at radius 3 is 2.50 bits per heavy atom. The fourth-order valence-electron chi connectivity index (χ4n) is 2.24. The van der Waals surface area contributed by atoms with Crippen molar-refractivity contribution in [3.63, 3.8) is 0 Å². The minimum absolute atomic E-state index is 0.147. The molecular weight excluding hydrogens is 368 g/mol. The Bertz CT molecular complexity index is 765. The third-order valence-electron chi connectivity index (χ3n) is 3.57. The molecule has 138 valence electrons. The van der Waals surface area contributed by atoms with E-state index < -0.39 is 0 Å². The maximum absolute atomic E-state index is 12.3. The van der Waals surface area contributed by atoms with Gasteiger partial charge in [-0.2, -0.15) is 0 Å².